The Morgan fingerprint density at radius 2 is 1.68 bits per heavy atom. The zero-order chi connectivity index (χ0) is 24.9. The molecule has 1 aromatic heterocycles. The van der Waals surface area contributed by atoms with Crippen LogP contribution >= 0.6 is 27.3 Å². The third kappa shape index (κ3) is 6.33. The summed E-state index contributed by atoms with van der Waals surface area (Å²) in [5, 5.41) is 9.20. The number of nitrogens with two attached hydrogens (primary N) is 1. The second-order valence-electron chi connectivity index (χ2n) is 8.68. The SMILES string of the molecule is CC(C)(Cc1ccccc1)N(C(=O)c1ccc(-c2ccc(Br)s2)cc1)[C@@H](CCC(=O)O)C(N)=O. The second kappa shape index (κ2) is 11.0. The minimum atomic E-state index is -1.06. The normalized spacial score (nSPS) is 12.2. The van der Waals surface area contributed by atoms with E-state index in [-0.39, 0.29) is 18.7 Å². The maximum Gasteiger partial charge on any atom is 0.303 e. The van der Waals surface area contributed by atoms with E-state index in [2.05, 4.69) is 15.9 Å². The van der Waals surface area contributed by atoms with Gasteiger partial charge in [-0.25, -0.2) is 0 Å². The van der Waals surface area contributed by atoms with Gasteiger partial charge in [0.25, 0.3) is 5.91 Å². The molecule has 1 heterocycles. The molecule has 6 nitrogen and oxygen atoms in total. The molecule has 2 aromatic carbocycles. The summed E-state index contributed by atoms with van der Waals surface area (Å²) >= 11 is 5.05. The fourth-order valence-electron chi connectivity index (χ4n) is 4.06. The highest BCUT2D eigenvalue weighted by molar-refractivity contribution is 9.11. The number of carbonyl (C=O) groups excluding carboxylic acids is 2. The molecule has 8 heteroatoms. The third-order valence-electron chi connectivity index (χ3n) is 5.61. The van der Waals surface area contributed by atoms with Crippen LogP contribution in [0, 0.1) is 0 Å². The Morgan fingerprint density at radius 3 is 2.21 bits per heavy atom. The molecule has 0 radical (unpaired) electrons. The van der Waals surface area contributed by atoms with Crippen molar-refractivity contribution >= 4 is 45.1 Å². The number of rotatable bonds is 10. The largest absolute Gasteiger partial charge is 0.481 e. The quantitative estimate of drug-likeness (QED) is 0.360. The number of aliphatic carboxylic acids is 1. The van der Waals surface area contributed by atoms with Gasteiger partial charge < -0.3 is 15.7 Å². The van der Waals surface area contributed by atoms with Crippen LogP contribution in [-0.2, 0) is 16.0 Å². The highest BCUT2D eigenvalue weighted by Gasteiger charge is 2.39. The van der Waals surface area contributed by atoms with Gasteiger partial charge in [-0.05, 0) is 78.0 Å². The molecule has 34 heavy (non-hydrogen) atoms. The van der Waals surface area contributed by atoms with Crippen LogP contribution in [0.4, 0.5) is 0 Å². The Labute approximate surface area is 211 Å². The lowest BCUT2D eigenvalue weighted by Crippen LogP contribution is -2.58. The number of amides is 2. The molecule has 0 aliphatic rings. The van der Waals surface area contributed by atoms with Gasteiger partial charge in [-0.3, -0.25) is 14.4 Å². The van der Waals surface area contributed by atoms with Crippen molar-refractivity contribution in [2.75, 3.05) is 0 Å². The molecular formula is C26H27BrN2O4S. The predicted octanol–water partition coefficient (Wildman–Crippen LogP) is 5.36. The van der Waals surface area contributed by atoms with Gasteiger partial charge in [-0.1, -0.05) is 42.5 Å². The molecule has 3 aromatic rings. The molecule has 0 aliphatic heterocycles. The average Bonchev–Trinajstić information content (AvgIpc) is 3.22. The lowest BCUT2D eigenvalue weighted by molar-refractivity contribution is -0.137. The van der Waals surface area contributed by atoms with Crippen LogP contribution < -0.4 is 5.73 Å². The first-order valence-corrected chi connectivity index (χ1v) is 12.4. The number of benzene rings is 2. The number of hydrogen-bond donors (Lipinski definition) is 2. The summed E-state index contributed by atoms with van der Waals surface area (Å²) in [6.45, 7) is 3.73. The molecule has 0 saturated heterocycles. The number of primary amides is 1. The Bertz CT molecular complexity index is 1160. The fourth-order valence-corrected chi connectivity index (χ4v) is 5.45. The molecule has 1 atom stereocenters. The summed E-state index contributed by atoms with van der Waals surface area (Å²) < 4.78 is 1.01. The van der Waals surface area contributed by atoms with Crippen molar-refractivity contribution in [1.29, 1.82) is 0 Å². The van der Waals surface area contributed by atoms with Gasteiger partial charge in [-0.15, -0.1) is 11.3 Å². The van der Waals surface area contributed by atoms with Gasteiger partial charge in [0.05, 0.1) is 3.79 Å². The summed E-state index contributed by atoms with van der Waals surface area (Å²) in [5.41, 5.74) is 7.26. The van der Waals surface area contributed by atoms with Gasteiger partial charge >= 0.3 is 5.97 Å². The third-order valence-corrected chi connectivity index (χ3v) is 7.28. The van der Waals surface area contributed by atoms with Crippen LogP contribution in [0.3, 0.4) is 0 Å². The zero-order valence-corrected chi connectivity index (χ0v) is 21.4. The first-order chi connectivity index (χ1) is 16.1. The topological polar surface area (TPSA) is 101 Å². The van der Waals surface area contributed by atoms with E-state index in [0.29, 0.717) is 12.0 Å². The number of nitrogens with zero attached hydrogens (tertiary/aromatic N) is 1. The summed E-state index contributed by atoms with van der Waals surface area (Å²) in [7, 11) is 0. The lowest BCUT2D eigenvalue weighted by atomic mass is 9.89. The molecule has 0 spiro atoms. The number of carboxylic acids is 1. The number of carboxylic acid groups (broad SMARTS) is 1. The zero-order valence-electron chi connectivity index (χ0n) is 19.0. The van der Waals surface area contributed by atoms with Crippen molar-refractivity contribution in [1.82, 2.24) is 4.90 Å². The van der Waals surface area contributed by atoms with E-state index in [9.17, 15) is 19.5 Å². The molecule has 0 fully saturated rings. The van der Waals surface area contributed by atoms with Gasteiger partial charge in [0.15, 0.2) is 0 Å². The van der Waals surface area contributed by atoms with Crippen LogP contribution in [0.15, 0.2) is 70.5 Å². The Kier molecular flexibility index (Phi) is 8.28. The van der Waals surface area contributed by atoms with Crippen molar-refractivity contribution in [2.24, 2.45) is 5.73 Å². The molecule has 0 unspecified atom stereocenters. The van der Waals surface area contributed by atoms with E-state index < -0.39 is 23.5 Å². The van der Waals surface area contributed by atoms with E-state index in [4.69, 9.17) is 5.73 Å². The van der Waals surface area contributed by atoms with E-state index >= 15 is 0 Å². The highest BCUT2D eigenvalue weighted by atomic mass is 79.9. The van der Waals surface area contributed by atoms with Gasteiger partial charge in [0, 0.05) is 22.4 Å². The van der Waals surface area contributed by atoms with Gasteiger partial charge in [0.1, 0.15) is 6.04 Å². The van der Waals surface area contributed by atoms with Gasteiger partial charge in [-0.2, -0.15) is 0 Å². The number of hydrogen-bond acceptors (Lipinski definition) is 4. The molecule has 0 bridgehead atoms. The Balaban J connectivity index is 1.98. The lowest BCUT2D eigenvalue weighted by Gasteiger charge is -2.43. The average molecular weight is 543 g/mol. The maximum absolute atomic E-state index is 13.8. The predicted molar refractivity (Wildman–Crippen MR) is 138 cm³/mol. The minimum absolute atomic E-state index is 0.0596. The van der Waals surface area contributed by atoms with Crippen molar-refractivity contribution < 1.29 is 19.5 Å². The highest BCUT2D eigenvalue weighted by Crippen LogP contribution is 2.32. The number of thiophene rings is 1. The summed E-state index contributed by atoms with van der Waals surface area (Å²) in [6.07, 6.45) is 0.138. The van der Waals surface area contributed by atoms with Crippen LogP contribution in [0.25, 0.3) is 10.4 Å². The molecule has 2 amide bonds. The summed E-state index contributed by atoms with van der Waals surface area (Å²) in [4.78, 5) is 40.0. The van der Waals surface area contributed by atoms with Gasteiger partial charge in [0.2, 0.25) is 5.91 Å². The monoisotopic (exact) mass is 542 g/mol. The Morgan fingerprint density at radius 1 is 1.03 bits per heavy atom. The van der Waals surface area contributed by atoms with E-state index in [0.717, 1.165) is 19.8 Å². The second-order valence-corrected chi connectivity index (χ2v) is 11.1. The molecule has 0 aliphatic carbocycles. The van der Waals surface area contributed by atoms with E-state index in [1.54, 1.807) is 23.5 Å². The van der Waals surface area contributed by atoms with Crippen molar-refractivity contribution in [3.05, 3.63) is 81.6 Å². The Hall–Kier alpha value is -2.97. The minimum Gasteiger partial charge on any atom is -0.481 e. The molecule has 3 rings (SSSR count). The molecular weight excluding hydrogens is 516 g/mol. The summed E-state index contributed by atoms with van der Waals surface area (Å²) in [5.74, 6) is -2.14. The fraction of sp³-hybridized carbons (Fsp3) is 0.269. The number of halogens is 1. The maximum atomic E-state index is 13.8. The van der Waals surface area contributed by atoms with Crippen LogP contribution in [0.5, 0.6) is 0 Å². The van der Waals surface area contributed by atoms with Crippen molar-refractivity contribution in [2.45, 2.75) is 44.7 Å². The molecule has 3 N–H and O–H groups in total. The van der Waals surface area contributed by atoms with Crippen LogP contribution in [-0.4, -0.2) is 39.4 Å². The van der Waals surface area contributed by atoms with E-state index in [1.165, 1.54) is 4.90 Å². The van der Waals surface area contributed by atoms with Crippen molar-refractivity contribution in [3.8, 4) is 10.4 Å². The van der Waals surface area contributed by atoms with Crippen LogP contribution in [0.1, 0.15) is 42.6 Å². The standard InChI is InChI=1S/C26H27BrN2O4S/c1-26(2,16-17-6-4-3-5-7-17)29(20(24(28)32)12-15-23(30)31)25(33)19-10-8-18(9-11-19)21-13-14-22(27)34-21/h3-11,13-14,20H,12,15-16H2,1-2H3,(H2,28,32)(H,30,31)/t20-/m0/s1. The molecule has 178 valence electrons. The van der Waals surface area contributed by atoms with E-state index in [1.807, 2.05) is 68.4 Å². The number of carbonyl (C=O) groups is 3. The smallest absolute Gasteiger partial charge is 0.303 e. The van der Waals surface area contributed by atoms with Crippen LogP contribution in [0.2, 0.25) is 0 Å². The first kappa shape index (κ1) is 25.6. The summed E-state index contributed by atoms with van der Waals surface area (Å²) in [6, 6.07) is 19.7. The molecule has 0 saturated carbocycles. The van der Waals surface area contributed by atoms with Crippen molar-refractivity contribution in [3.63, 3.8) is 0 Å². The first-order valence-electron chi connectivity index (χ1n) is 10.8.